The van der Waals surface area contributed by atoms with Crippen molar-refractivity contribution in [3.8, 4) is 16.9 Å². The Kier molecular flexibility index (Phi) is 5.11. The third kappa shape index (κ3) is 4.19. The second kappa shape index (κ2) is 7.51. The molecule has 0 unspecified atom stereocenters. The van der Waals surface area contributed by atoms with Gasteiger partial charge < -0.3 is 9.64 Å². The van der Waals surface area contributed by atoms with Crippen molar-refractivity contribution in [2.45, 2.75) is 25.8 Å². The van der Waals surface area contributed by atoms with Crippen LogP contribution in [0, 0.1) is 6.92 Å². The summed E-state index contributed by atoms with van der Waals surface area (Å²) in [6.07, 6.45) is -9.62. The molecule has 162 valence electrons. The van der Waals surface area contributed by atoms with E-state index in [0.29, 0.717) is 17.9 Å². The molecule has 4 rings (SSSR count). The van der Waals surface area contributed by atoms with Crippen molar-refractivity contribution < 1.29 is 31.1 Å². The maximum absolute atomic E-state index is 13.9. The van der Waals surface area contributed by atoms with Gasteiger partial charge in [0.15, 0.2) is 6.73 Å². The van der Waals surface area contributed by atoms with Crippen LogP contribution in [0.2, 0.25) is 0 Å². The third-order valence-corrected chi connectivity index (χ3v) is 5.15. The molecule has 0 N–H and O–H groups in total. The fraction of sp³-hybridized carbons (Fsp3) is 0.217. The summed E-state index contributed by atoms with van der Waals surface area (Å²) in [6.45, 7) is 1.82. The number of rotatable bonds is 2. The maximum atomic E-state index is 13.9. The van der Waals surface area contributed by atoms with Crippen molar-refractivity contribution in [2.24, 2.45) is 0 Å². The number of ether oxygens (including phenoxy) is 1. The summed E-state index contributed by atoms with van der Waals surface area (Å²) >= 11 is 0. The summed E-state index contributed by atoms with van der Waals surface area (Å²) in [7, 11) is 0. The van der Waals surface area contributed by atoms with Gasteiger partial charge >= 0.3 is 12.4 Å². The van der Waals surface area contributed by atoms with E-state index >= 15 is 0 Å². The van der Waals surface area contributed by atoms with Gasteiger partial charge in [0.1, 0.15) is 5.75 Å². The molecule has 0 fully saturated rings. The highest BCUT2D eigenvalue weighted by atomic mass is 19.4. The quantitative estimate of drug-likeness (QED) is 0.398. The van der Waals surface area contributed by atoms with Crippen LogP contribution in [0.25, 0.3) is 11.1 Å². The summed E-state index contributed by atoms with van der Waals surface area (Å²) < 4.78 is 87.9. The number of para-hydroxylation sites is 1. The van der Waals surface area contributed by atoms with Crippen molar-refractivity contribution in [3.63, 3.8) is 0 Å². The molecule has 31 heavy (non-hydrogen) atoms. The van der Waals surface area contributed by atoms with Gasteiger partial charge in [0.25, 0.3) is 0 Å². The second-order valence-electron chi connectivity index (χ2n) is 7.35. The number of anilines is 1. The summed E-state index contributed by atoms with van der Waals surface area (Å²) in [6, 6.07) is 13.9. The Morgan fingerprint density at radius 2 is 1.39 bits per heavy atom. The zero-order valence-corrected chi connectivity index (χ0v) is 16.3. The Morgan fingerprint density at radius 1 is 0.774 bits per heavy atom. The molecule has 3 aromatic carbocycles. The fourth-order valence-corrected chi connectivity index (χ4v) is 3.67. The monoisotopic (exact) mass is 437 g/mol. The molecule has 1 heterocycles. The molecule has 0 radical (unpaired) electrons. The SMILES string of the molecule is Cc1ccc(-c2ccc(N3COc4ccccc4C3)cc2C(F)(F)F)c(C(F)(F)F)c1. The zero-order valence-electron chi connectivity index (χ0n) is 16.3. The molecular weight excluding hydrogens is 420 g/mol. The number of alkyl halides is 6. The van der Waals surface area contributed by atoms with Gasteiger partial charge in [0.05, 0.1) is 11.1 Å². The van der Waals surface area contributed by atoms with Gasteiger partial charge in [-0.3, -0.25) is 0 Å². The van der Waals surface area contributed by atoms with Gasteiger partial charge in [-0.25, -0.2) is 0 Å². The average Bonchev–Trinajstić information content (AvgIpc) is 2.72. The molecule has 2 nitrogen and oxygen atoms in total. The van der Waals surface area contributed by atoms with Crippen LogP contribution in [-0.4, -0.2) is 6.73 Å². The molecule has 0 amide bonds. The van der Waals surface area contributed by atoms with Gasteiger partial charge in [0.2, 0.25) is 0 Å². The van der Waals surface area contributed by atoms with Crippen LogP contribution in [0.3, 0.4) is 0 Å². The first kappa shape index (κ1) is 21.1. The molecule has 0 spiro atoms. The van der Waals surface area contributed by atoms with E-state index in [-0.39, 0.29) is 12.4 Å². The summed E-state index contributed by atoms with van der Waals surface area (Å²) in [4.78, 5) is 1.60. The molecule has 0 aromatic heterocycles. The van der Waals surface area contributed by atoms with Crippen molar-refractivity contribution in [3.05, 3.63) is 82.9 Å². The number of benzene rings is 3. The van der Waals surface area contributed by atoms with E-state index < -0.39 is 34.6 Å². The lowest BCUT2D eigenvalue weighted by atomic mass is 9.93. The number of hydrogen-bond acceptors (Lipinski definition) is 2. The highest BCUT2D eigenvalue weighted by Gasteiger charge is 2.39. The molecule has 0 saturated carbocycles. The van der Waals surface area contributed by atoms with Gasteiger partial charge in [-0.05, 0) is 42.3 Å². The number of halogens is 6. The topological polar surface area (TPSA) is 12.5 Å². The number of hydrogen-bond donors (Lipinski definition) is 0. The Bertz CT molecular complexity index is 1120. The normalized spacial score (nSPS) is 14.2. The van der Waals surface area contributed by atoms with Crippen LogP contribution in [0.15, 0.2) is 60.7 Å². The van der Waals surface area contributed by atoms with E-state index in [2.05, 4.69) is 0 Å². The third-order valence-electron chi connectivity index (χ3n) is 5.15. The predicted molar refractivity (Wildman–Crippen MR) is 105 cm³/mol. The van der Waals surface area contributed by atoms with Crippen molar-refractivity contribution in [1.29, 1.82) is 0 Å². The second-order valence-corrected chi connectivity index (χ2v) is 7.35. The smallest absolute Gasteiger partial charge is 0.417 e. The lowest BCUT2D eigenvalue weighted by Crippen LogP contribution is -2.32. The van der Waals surface area contributed by atoms with Crippen molar-refractivity contribution in [1.82, 2.24) is 0 Å². The molecule has 0 bridgehead atoms. The largest absolute Gasteiger partial charge is 0.473 e. The minimum atomic E-state index is -4.84. The molecule has 8 heteroatoms. The molecule has 0 saturated heterocycles. The van der Waals surface area contributed by atoms with Crippen LogP contribution in [-0.2, 0) is 18.9 Å². The Hall–Kier alpha value is -3.16. The number of fused-ring (bicyclic) bond motifs is 1. The van der Waals surface area contributed by atoms with Crippen LogP contribution in [0.4, 0.5) is 32.0 Å². The van der Waals surface area contributed by atoms with Crippen molar-refractivity contribution in [2.75, 3.05) is 11.6 Å². The Balaban J connectivity index is 1.81. The highest BCUT2D eigenvalue weighted by Crippen LogP contribution is 2.44. The molecule has 0 atom stereocenters. The van der Waals surface area contributed by atoms with E-state index in [9.17, 15) is 26.3 Å². The van der Waals surface area contributed by atoms with E-state index in [4.69, 9.17) is 4.74 Å². The lowest BCUT2D eigenvalue weighted by Gasteiger charge is -2.31. The first-order valence-electron chi connectivity index (χ1n) is 9.39. The predicted octanol–water partition coefficient (Wildman–Crippen LogP) is 7.06. The number of aryl methyl sites for hydroxylation is 1. The minimum absolute atomic E-state index is 0.0337. The summed E-state index contributed by atoms with van der Waals surface area (Å²) in [5.74, 6) is 0.654. The van der Waals surface area contributed by atoms with Crippen LogP contribution in [0.5, 0.6) is 5.75 Å². The first-order valence-corrected chi connectivity index (χ1v) is 9.39. The Morgan fingerprint density at radius 3 is 2.06 bits per heavy atom. The van der Waals surface area contributed by atoms with Crippen molar-refractivity contribution >= 4 is 5.69 Å². The van der Waals surface area contributed by atoms with Crippen LogP contribution >= 0.6 is 0 Å². The zero-order chi connectivity index (χ0) is 22.4. The lowest BCUT2D eigenvalue weighted by molar-refractivity contribution is -0.139. The first-order chi connectivity index (χ1) is 14.5. The van der Waals surface area contributed by atoms with Gasteiger partial charge in [-0.2, -0.15) is 26.3 Å². The average molecular weight is 437 g/mol. The van der Waals surface area contributed by atoms with Crippen LogP contribution in [0.1, 0.15) is 22.3 Å². The van der Waals surface area contributed by atoms with E-state index in [0.717, 1.165) is 29.8 Å². The van der Waals surface area contributed by atoms with E-state index in [1.807, 2.05) is 6.07 Å². The fourth-order valence-electron chi connectivity index (χ4n) is 3.67. The van der Waals surface area contributed by atoms with Gasteiger partial charge in [0, 0.05) is 17.8 Å². The number of nitrogens with zero attached hydrogens (tertiary/aromatic N) is 1. The molecular formula is C23H17F6NO. The molecule has 1 aliphatic heterocycles. The standard InChI is InChI=1S/C23H17F6NO/c1-14-6-8-17(19(10-14)22(24,25)26)18-9-7-16(11-20(18)23(27,28)29)30-12-15-4-2-3-5-21(15)31-13-30/h2-11H,12-13H2,1H3. The summed E-state index contributed by atoms with van der Waals surface area (Å²) in [5.41, 5.74) is -1.90. The minimum Gasteiger partial charge on any atom is -0.473 e. The molecule has 1 aliphatic rings. The highest BCUT2D eigenvalue weighted by molar-refractivity contribution is 5.75. The summed E-state index contributed by atoms with van der Waals surface area (Å²) in [5, 5.41) is 0. The van der Waals surface area contributed by atoms with Gasteiger partial charge in [-0.1, -0.05) is 42.0 Å². The molecule has 3 aromatic rings. The molecule has 0 aliphatic carbocycles. The van der Waals surface area contributed by atoms with Gasteiger partial charge in [-0.15, -0.1) is 0 Å². The maximum Gasteiger partial charge on any atom is 0.417 e. The van der Waals surface area contributed by atoms with Crippen LogP contribution < -0.4 is 9.64 Å². The van der Waals surface area contributed by atoms with E-state index in [1.165, 1.54) is 19.1 Å². The Labute approximate surface area is 174 Å². The van der Waals surface area contributed by atoms with E-state index in [1.54, 1.807) is 23.1 Å².